The lowest BCUT2D eigenvalue weighted by atomic mass is 9.96. The smallest absolute Gasteiger partial charge is 0.246 e. The number of rotatable bonds is 2. The van der Waals surface area contributed by atoms with Crippen LogP contribution in [0, 0.1) is 11.6 Å². The van der Waals surface area contributed by atoms with Crippen LogP contribution in [0.25, 0.3) is 54.8 Å². The summed E-state index contributed by atoms with van der Waals surface area (Å²) in [6, 6.07) is 9.74. The van der Waals surface area contributed by atoms with Crippen LogP contribution in [0.1, 0.15) is 12.6 Å². The molecule has 0 spiro atoms. The lowest BCUT2D eigenvalue weighted by molar-refractivity contribution is -0.127. The second kappa shape index (κ2) is 12.8. The average Bonchev–Trinajstić information content (AvgIpc) is 3.83. The molecule has 0 radical (unpaired) electrons. The van der Waals surface area contributed by atoms with Gasteiger partial charge in [-0.25, -0.2) is 13.8 Å². The number of ether oxygens (including phenoxy) is 3. The largest absolute Gasteiger partial charge is 0.489 e. The highest BCUT2D eigenvalue weighted by atomic mass is 32.1. The Labute approximate surface area is 289 Å². The summed E-state index contributed by atoms with van der Waals surface area (Å²) in [6.07, 6.45) is 6.40. The Morgan fingerprint density at radius 2 is 1.90 bits per heavy atom. The molecule has 50 heavy (non-hydrogen) atoms. The minimum Gasteiger partial charge on any atom is -0.489 e. The molecule has 2 aromatic carbocycles. The van der Waals surface area contributed by atoms with E-state index < -0.39 is 17.7 Å². The zero-order valence-electron chi connectivity index (χ0n) is 27.4. The second-order valence-corrected chi connectivity index (χ2v) is 13.2. The monoisotopic (exact) mass is 694 g/mol. The van der Waals surface area contributed by atoms with Gasteiger partial charge in [0.2, 0.25) is 5.91 Å². The first-order valence-electron chi connectivity index (χ1n) is 16.2. The van der Waals surface area contributed by atoms with Gasteiger partial charge in [0.25, 0.3) is 0 Å². The highest BCUT2D eigenvalue weighted by Crippen LogP contribution is 2.48. The molecule has 0 saturated heterocycles. The van der Waals surface area contributed by atoms with Gasteiger partial charge >= 0.3 is 0 Å². The van der Waals surface area contributed by atoms with E-state index >= 15 is 4.39 Å². The van der Waals surface area contributed by atoms with Crippen LogP contribution in [-0.2, 0) is 29.7 Å². The van der Waals surface area contributed by atoms with Crippen molar-refractivity contribution in [2.24, 2.45) is 7.05 Å². The van der Waals surface area contributed by atoms with Crippen molar-refractivity contribution in [2.75, 3.05) is 26.4 Å². The van der Waals surface area contributed by atoms with Crippen molar-refractivity contribution in [1.82, 2.24) is 29.4 Å². The maximum Gasteiger partial charge on any atom is 0.246 e. The molecular weight excluding hydrogens is 663 g/mol. The minimum atomic E-state index is -0.799. The van der Waals surface area contributed by atoms with Gasteiger partial charge in [0.15, 0.2) is 0 Å². The minimum absolute atomic E-state index is 0.0245. The summed E-state index contributed by atoms with van der Waals surface area (Å²) in [4.78, 5) is 19.5. The third-order valence-electron chi connectivity index (χ3n) is 8.78. The van der Waals surface area contributed by atoms with E-state index in [1.165, 1.54) is 23.5 Å². The molecule has 2 bridgehead atoms. The van der Waals surface area contributed by atoms with Crippen LogP contribution in [-0.4, -0.2) is 67.8 Å². The number of carbonyl (C=O) groups excluding carboxylic acids is 1. The first kappa shape index (κ1) is 31.8. The maximum atomic E-state index is 16.3. The van der Waals surface area contributed by atoms with Gasteiger partial charge in [-0.2, -0.15) is 10.2 Å². The van der Waals surface area contributed by atoms with Crippen molar-refractivity contribution in [1.29, 1.82) is 0 Å². The lowest BCUT2D eigenvalue weighted by Crippen LogP contribution is -2.37. The average molecular weight is 695 g/mol. The second-order valence-electron chi connectivity index (χ2n) is 12.3. The Morgan fingerprint density at radius 3 is 2.76 bits per heavy atom. The Bertz CT molecular complexity index is 2340. The standard InChI is InChI=1S/C37H32F2N6O4S/c1-4-32(46)44-8-9-45-24(19-44)16-29(42-45)36-34-33-27(39)14-23(38)15-31(33)49-21(2)20-47-10-5-6-11-48-30-17-28-22(18-43(3)41-28)13-26(30)35(40-36)25-7-12-50-37(25)34/h4-7,12-18,21H,1,8-11,19-20H2,2-3H3/b6-5+/t21-/m0/s1. The SMILES string of the molecule is C=CC(=O)N1CCn2nc(-c3nc4c5ccsc5c3-c3c(F)cc(F)cc3O[C@@H](C)COC/C=C/COc3cc5nn(C)cc5cc3-4)cc2C1. The third-order valence-corrected chi connectivity index (χ3v) is 9.71. The van der Waals surface area contributed by atoms with Crippen LogP contribution in [0.15, 0.2) is 72.8 Å². The van der Waals surface area contributed by atoms with Gasteiger partial charge in [-0.15, -0.1) is 11.3 Å². The van der Waals surface area contributed by atoms with E-state index in [0.29, 0.717) is 64.9 Å². The van der Waals surface area contributed by atoms with E-state index in [4.69, 9.17) is 24.3 Å². The zero-order chi connectivity index (χ0) is 34.5. The molecule has 6 heterocycles. The van der Waals surface area contributed by atoms with Crippen molar-refractivity contribution < 1.29 is 27.8 Å². The fourth-order valence-corrected chi connectivity index (χ4v) is 7.49. The lowest BCUT2D eigenvalue weighted by Gasteiger charge is -2.26. The molecule has 4 aromatic heterocycles. The zero-order valence-corrected chi connectivity index (χ0v) is 28.2. The summed E-state index contributed by atoms with van der Waals surface area (Å²) < 4.78 is 53.9. The number of halogens is 2. The van der Waals surface area contributed by atoms with Crippen LogP contribution in [0.2, 0.25) is 0 Å². The number of aromatic nitrogens is 5. The highest BCUT2D eigenvalue weighted by molar-refractivity contribution is 7.18. The Balaban J connectivity index is 1.43. The van der Waals surface area contributed by atoms with Gasteiger partial charge in [-0.05, 0) is 42.7 Å². The molecule has 0 N–H and O–H groups in total. The van der Waals surface area contributed by atoms with Gasteiger partial charge in [0.05, 0.1) is 48.8 Å². The predicted molar refractivity (Wildman–Crippen MR) is 187 cm³/mol. The molecule has 0 unspecified atom stereocenters. The molecule has 2 aliphatic rings. The number of benzene rings is 2. The van der Waals surface area contributed by atoms with E-state index in [2.05, 4.69) is 11.7 Å². The van der Waals surface area contributed by atoms with Gasteiger partial charge in [0, 0.05) is 64.6 Å². The molecule has 0 aliphatic carbocycles. The number of nitrogens with zero attached hydrogens (tertiary/aromatic N) is 6. The molecule has 0 saturated carbocycles. The molecule has 6 aromatic rings. The van der Waals surface area contributed by atoms with Crippen molar-refractivity contribution >= 4 is 38.2 Å². The normalized spacial score (nSPS) is 17.0. The number of amides is 1. The summed E-state index contributed by atoms with van der Waals surface area (Å²) in [7, 11) is 1.86. The maximum absolute atomic E-state index is 16.3. The van der Waals surface area contributed by atoms with Crippen LogP contribution in [0.3, 0.4) is 0 Å². The first-order chi connectivity index (χ1) is 24.3. The molecular formula is C37H32F2N6O4S. The molecule has 13 heteroatoms. The topological polar surface area (TPSA) is 96.5 Å². The Morgan fingerprint density at radius 1 is 1.04 bits per heavy atom. The van der Waals surface area contributed by atoms with E-state index in [1.54, 1.807) is 16.5 Å². The molecule has 10 nitrogen and oxygen atoms in total. The van der Waals surface area contributed by atoms with Crippen molar-refractivity contribution in [3.8, 4) is 45.3 Å². The summed E-state index contributed by atoms with van der Waals surface area (Å²) in [6.45, 7) is 7.39. The fourth-order valence-electron chi connectivity index (χ4n) is 6.54. The number of hydrogen-bond donors (Lipinski definition) is 0. The highest BCUT2D eigenvalue weighted by Gasteiger charge is 2.30. The summed E-state index contributed by atoms with van der Waals surface area (Å²) in [5.41, 5.74) is 4.19. The predicted octanol–water partition coefficient (Wildman–Crippen LogP) is 6.92. The van der Waals surface area contributed by atoms with Crippen molar-refractivity contribution in [2.45, 2.75) is 26.1 Å². The number of thiophene rings is 1. The van der Waals surface area contributed by atoms with E-state index in [9.17, 15) is 9.18 Å². The number of carbonyl (C=O) groups is 1. The number of aryl methyl sites for hydroxylation is 1. The molecule has 1 amide bonds. The molecule has 0 fully saturated rings. The van der Waals surface area contributed by atoms with Gasteiger partial charge < -0.3 is 19.1 Å². The Kier molecular flexibility index (Phi) is 8.16. The third kappa shape index (κ3) is 5.71. The van der Waals surface area contributed by atoms with Crippen LogP contribution in [0.4, 0.5) is 8.78 Å². The summed E-state index contributed by atoms with van der Waals surface area (Å²) >= 11 is 1.41. The van der Waals surface area contributed by atoms with E-state index in [0.717, 1.165) is 28.0 Å². The van der Waals surface area contributed by atoms with Crippen LogP contribution < -0.4 is 9.47 Å². The van der Waals surface area contributed by atoms with E-state index in [1.807, 2.05) is 59.7 Å². The quantitative estimate of drug-likeness (QED) is 0.144. The molecule has 2 aliphatic heterocycles. The van der Waals surface area contributed by atoms with E-state index in [-0.39, 0.29) is 30.4 Å². The fraction of sp³-hybridized carbons (Fsp3) is 0.243. The van der Waals surface area contributed by atoms with Crippen molar-refractivity contribution in [3.63, 3.8) is 0 Å². The van der Waals surface area contributed by atoms with Gasteiger partial charge in [0.1, 0.15) is 47.2 Å². The molecule has 254 valence electrons. The molecule has 8 rings (SSSR count). The molecule has 1 atom stereocenters. The number of fused-ring (bicyclic) bond motifs is 6. The van der Waals surface area contributed by atoms with Gasteiger partial charge in [-0.1, -0.05) is 12.7 Å². The van der Waals surface area contributed by atoms with Gasteiger partial charge in [-0.3, -0.25) is 14.2 Å². The van der Waals surface area contributed by atoms with Crippen LogP contribution in [0.5, 0.6) is 11.5 Å². The summed E-state index contributed by atoms with van der Waals surface area (Å²) in [5.74, 6) is -1.15. The summed E-state index contributed by atoms with van der Waals surface area (Å²) in [5, 5.41) is 13.1. The Hall–Kier alpha value is -5.40. The van der Waals surface area contributed by atoms with Crippen LogP contribution >= 0.6 is 11.3 Å². The number of pyridine rings is 1. The first-order valence-corrected chi connectivity index (χ1v) is 17.0. The number of hydrogen-bond acceptors (Lipinski definition) is 8. The van der Waals surface area contributed by atoms with Crippen molar-refractivity contribution in [3.05, 3.63) is 90.1 Å².